The second-order valence-corrected chi connectivity index (χ2v) is 6.23. The number of anilines is 2. The minimum atomic E-state index is -1.03. The van der Waals surface area contributed by atoms with Crippen molar-refractivity contribution in [2.24, 2.45) is 0 Å². The molecule has 0 unspecified atom stereocenters. The van der Waals surface area contributed by atoms with E-state index >= 15 is 0 Å². The summed E-state index contributed by atoms with van der Waals surface area (Å²) in [6, 6.07) is 11.3. The molecule has 26 heavy (non-hydrogen) atoms. The Balaban J connectivity index is 1.77. The molecule has 1 aliphatic heterocycles. The molecule has 2 amide bonds. The minimum absolute atomic E-state index is 0.134. The topological polar surface area (TPSA) is 86.7 Å². The number of carbonyl (C=O) groups excluding carboxylic acids is 2. The third-order valence-corrected chi connectivity index (χ3v) is 4.38. The van der Waals surface area contributed by atoms with Crippen LogP contribution in [0.4, 0.5) is 11.4 Å². The third-order valence-electron chi connectivity index (χ3n) is 4.38. The highest BCUT2D eigenvalue weighted by atomic mass is 16.4. The molecule has 1 aliphatic rings. The summed E-state index contributed by atoms with van der Waals surface area (Å²) in [7, 11) is 0. The average molecular weight is 352 g/mol. The molecule has 3 rings (SSSR count). The Bertz CT molecular complexity index is 859. The molecule has 0 fully saturated rings. The van der Waals surface area contributed by atoms with Crippen molar-refractivity contribution in [2.75, 3.05) is 16.8 Å². The summed E-state index contributed by atoms with van der Waals surface area (Å²) in [5.41, 5.74) is 3.12. The van der Waals surface area contributed by atoms with E-state index in [4.69, 9.17) is 5.11 Å². The lowest BCUT2D eigenvalue weighted by Crippen LogP contribution is -2.35. The Morgan fingerprint density at radius 1 is 1.08 bits per heavy atom. The number of nitrogens with one attached hydrogen (secondary N) is 1. The molecular formula is C20H20N2O4. The number of hydrogen-bond acceptors (Lipinski definition) is 3. The van der Waals surface area contributed by atoms with Crippen LogP contribution in [0.3, 0.4) is 0 Å². The zero-order valence-electron chi connectivity index (χ0n) is 14.5. The van der Waals surface area contributed by atoms with Crippen LogP contribution < -0.4 is 10.2 Å². The van der Waals surface area contributed by atoms with Crippen LogP contribution in [-0.4, -0.2) is 29.4 Å². The highest BCUT2D eigenvalue weighted by Gasteiger charge is 2.23. The second-order valence-electron chi connectivity index (χ2n) is 6.23. The first-order valence-corrected chi connectivity index (χ1v) is 8.57. The summed E-state index contributed by atoms with van der Waals surface area (Å²) in [6.07, 6.45) is 2.02. The minimum Gasteiger partial charge on any atom is -0.478 e. The molecule has 6 nitrogen and oxygen atoms in total. The number of fused-ring (bicyclic) bond motifs is 1. The predicted molar refractivity (Wildman–Crippen MR) is 98.8 cm³/mol. The fourth-order valence-corrected chi connectivity index (χ4v) is 3.07. The van der Waals surface area contributed by atoms with Gasteiger partial charge in [-0.1, -0.05) is 6.92 Å². The van der Waals surface area contributed by atoms with E-state index in [0.29, 0.717) is 30.6 Å². The Hall–Kier alpha value is -3.15. The molecule has 6 heteroatoms. The number of carboxylic acids is 1. The Kier molecular flexibility index (Phi) is 5.02. The number of carboxylic acid groups (broad SMARTS) is 1. The SMILES string of the molecule is CCCN1C(=O)CCc2cc(NC(=O)c3ccc(C(=O)O)cc3)ccc21. The molecule has 134 valence electrons. The van der Waals surface area contributed by atoms with Crippen molar-refractivity contribution in [1.82, 2.24) is 0 Å². The van der Waals surface area contributed by atoms with Gasteiger partial charge < -0.3 is 15.3 Å². The van der Waals surface area contributed by atoms with E-state index in [1.54, 1.807) is 11.0 Å². The highest BCUT2D eigenvalue weighted by Crippen LogP contribution is 2.30. The quantitative estimate of drug-likeness (QED) is 0.864. The van der Waals surface area contributed by atoms with E-state index in [9.17, 15) is 14.4 Å². The molecule has 0 aromatic heterocycles. The van der Waals surface area contributed by atoms with Gasteiger partial charge in [-0.05, 0) is 60.9 Å². The standard InChI is InChI=1S/C20H20N2O4/c1-2-11-22-17-9-8-16(12-15(17)7-10-18(22)23)21-19(24)13-3-5-14(6-4-13)20(25)26/h3-6,8-9,12H,2,7,10-11H2,1H3,(H,21,24)(H,25,26). The fraction of sp³-hybridized carbons (Fsp3) is 0.250. The number of aromatic carboxylic acids is 1. The average Bonchev–Trinajstić information content (AvgIpc) is 2.64. The number of rotatable bonds is 5. The van der Waals surface area contributed by atoms with Crippen molar-refractivity contribution in [3.63, 3.8) is 0 Å². The zero-order chi connectivity index (χ0) is 18.7. The first-order chi connectivity index (χ1) is 12.5. The van der Waals surface area contributed by atoms with Crippen LogP contribution in [0.5, 0.6) is 0 Å². The highest BCUT2D eigenvalue weighted by molar-refractivity contribution is 6.05. The maximum atomic E-state index is 12.4. The molecular weight excluding hydrogens is 332 g/mol. The summed E-state index contributed by atoms with van der Waals surface area (Å²) >= 11 is 0. The zero-order valence-corrected chi connectivity index (χ0v) is 14.5. The van der Waals surface area contributed by atoms with Crippen molar-refractivity contribution >= 4 is 29.2 Å². The van der Waals surface area contributed by atoms with Gasteiger partial charge in [-0.15, -0.1) is 0 Å². The number of aryl methyl sites for hydroxylation is 1. The van der Waals surface area contributed by atoms with Gasteiger partial charge in [-0.25, -0.2) is 4.79 Å². The van der Waals surface area contributed by atoms with Gasteiger partial charge in [0.05, 0.1) is 5.56 Å². The molecule has 0 aliphatic carbocycles. The van der Waals surface area contributed by atoms with Gasteiger partial charge in [0.25, 0.3) is 5.91 Å². The summed E-state index contributed by atoms with van der Waals surface area (Å²) in [5.74, 6) is -1.20. The number of hydrogen-bond donors (Lipinski definition) is 2. The van der Waals surface area contributed by atoms with Crippen LogP contribution in [0, 0.1) is 0 Å². The fourth-order valence-electron chi connectivity index (χ4n) is 3.07. The van der Waals surface area contributed by atoms with Crippen molar-refractivity contribution in [3.8, 4) is 0 Å². The molecule has 0 saturated carbocycles. The first-order valence-electron chi connectivity index (χ1n) is 8.57. The Labute approximate surface area is 151 Å². The third kappa shape index (κ3) is 3.59. The molecule has 0 bridgehead atoms. The van der Waals surface area contributed by atoms with E-state index in [2.05, 4.69) is 5.32 Å². The number of benzene rings is 2. The van der Waals surface area contributed by atoms with Crippen LogP contribution in [0.15, 0.2) is 42.5 Å². The van der Waals surface area contributed by atoms with Gasteiger partial charge in [0.1, 0.15) is 0 Å². The molecule has 2 N–H and O–H groups in total. The summed E-state index contributed by atoms with van der Waals surface area (Å²) in [5, 5.41) is 11.7. The number of carbonyl (C=O) groups is 3. The molecule has 2 aromatic carbocycles. The van der Waals surface area contributed by atoms with Crippen LogP contribution >= 0.6 is 0 Å². The molecule has 0 radical (unpaired) electrons. The number of nitrogens with zero attached hydrogens (tertiary/aromatic N) is 1. The number of amides is 2. The van der Waals surface area contributed by atoms with Gasteiger partial charge >= 0.3 is 5.97 Å². The lowest BCUT2D eigenvalue weighted by atomic mass is 10.00. The Morgan fingerprint density at radius 2 is 1.77 bits per heavy atom. The van der Waals surface area contributed by atoms with Crippen LogP contribution in [-0.2, 0) is 11.2 Å². The lowest BCUT2D eigenvalue weighted by molar-refractivity contribution is -0.118. The monoisotopic (exact) mass is 352 g/mol. The summed E-state index contributed by atoms with van der Waals surface area (Å²) < 4.78 is 0. The molecule has 0 atom stereocenters. The van der Waals surface area contributed by atoms with Crippen LogP contribution in [0.2, 0.25) is 0 Å². The molecule has 0 spiro atoms. The van der Waals surface area contributed by atoms with Gasteiger partial charge in [0.15, 0.2) is 0 Å². The summed E-state index contributed by atoms with van der Waals surface area (Å²) in [4.78, 5) is 37.1. The van der Waals surface area contributed by atoms with E-state index in [1.165, 1.54) is 24.3 Å². The van der Waals surface area contributed by atoms with Crippen LogP contribution in [0.25, 0.3) is 0 Å². The summed E-state index contributed by atoms with van der Waals surface area (Å²) in [6.45, 7) is 2.72. The molecule has 0 saturated heterocycles. The smallest absolute Gasteiger partial charge is 0.335 e. The normalized spacial score (nSPS) is 13.3. The van der Waals surface area contributed by atoms with Crippen molar-refractivity contribution in [3.05, 3.63) is 59.2 Å². The first kappa shape index (κ1) is 17.7. The van der Waals surface area contributed by atoms with Gasteiger partial charge in [0.2, 0.25) is 5.91 Å². The maximum Gasteiger partial charge on any atom is 0.335 e. The van der Waals surface area contributed by atoms with Crippen LogP contribution in [0.1, 0.15) is 46.0 Å². The van der Waals surface area contributed by atoms with Gasteiger partial charge in [-0.3, -0.25) is 9.59 Å². The van der Waals surface area contributed by atoms with E-state index < -0.39 is 5.97 Å². The molecule has 2 aromatic rings. The van der Waals surface area contributed by atoms with Crippen molar-refractivity contribution in [1.29, 1.82) is 0 Å². The second kappa shape index (κ2) is 7.39. The molecule has 1 heterocycles. The van der Waals surface area contributed by atoms with Crippen molar-refractivity contribution in [2.45, 2.75) is 26.2 Å². The Morgan fingerprint density at radius 3 is 2.42 bits per heavy atom. The van der Waals surface area contributed by atoms with E-state index in [-0.39, 0.29) is 17.4 Å². The van der Waals surface area contributed by atoms with Gasteiger partial charge in [0, 0.05) is 29.9 Å². The maximum absolute atomic E-state index is 12.4. The largest absolute Gasteiger partial charge is 0.478 e. The van der Waals surface area contributed by atoms with Crippen molar-refractivity contribution < 1.29 is 19.5 Å². The lowest BCUT2D eigenvalue weighted by Gasteiger charge is -2.29. The van der Waals surface area contributed by atoms with E-state index in [1.807, 2.05) is 19.1 Å². The van der Waals surface area contributed by atoms with E-state index in [0.717, 1.165) is 17.7 Å². The predicted octanol–water partition coefficient (Wildman–Crippen LogP) is 3.33. The van der Waals surface area contributed by atoms with Gasteiger partial charge in [-0.2, -0.15) is 0 Å².